The highest BCUT2D eigenvalue weighted by Gasteiger charge is 2.31. The molecule has 2 aliphatic heterocycles. The molecule has 2 aromatic rings. The van der Waals surface area contributed by atoms with Crippen molar-refractivity contribution in [2.24, 2.45) is 5.92 Å². The molecule has 33 heavy (non-hydrogen) atoms. The molecule has 1 aromatic carbocycles. The van der Waals surface area contributed by atoms with Crippen molar-refractivity contribution in [1.82, 2.24) is 25.3 Å². The van der Waals surface area contributed by atoms with Crippen LogP contribution in [0, 0.1) is 5.92 Å². The maximum atomic E-state index is 12.9. The van der Waals surface area contributed by atoms with Crippen molar-refractivity contribution < 1.29 is 14.4 Å². The van der Waals surface area contributed by atoms with E-state index >= 15 is 0 Å². The number of hydrogen-bond donors (Lipinski definition) is 2. The zero-order valence-electron chi connectivity index (χ0n) is 18.7. The van der Waals surface area contributed by atoms with Gasteiger partial charge in [-0.3, -0.25) is 14.4 Å². The molecule has 0 spiro atoms. The number of likely N-dealkylation sites (tertiary alicyclic amines) is 2. The Morgan fingerprint density at radius 1 is 0.970 bits per heavy atom. The zero-order chi connectivity index (χ0) is 23.0. The highest BCUT2D eigenvalue weighted by Crippen LogP contribution is 2.21. The first kappa shape index (κ1) is 23.3. The summed E-state index contributed by atoms with van der Waals surface area (Å²) >= 11 is 0.970. The van der Waals surface area contributed by atoms with Crippen LogP contribution in [0.15, 0.2) is 30.3 Å². The Labute approximate surface area is 197 Å². The lowest BCUT2D eigenvalue weighted by molar-refractivity contribution is -0.126. The lowest BCUT2D eigenvalue weighted by atomic mass is 9.97. The van der Waals surface area contributed by atoms with Gasteiger partial charge in [-0.2, -0.15) is 0 Å². The van der Waals surface area contributed by atoms with E-state index in [9.17, 15) is 14.4 Å². The average Bonchev–Trinajstić information content (AvgIpc) is 3.35. The molecule has 9 nitrogen and oxygen atoms in total. The zero-order valence-corrected chi connectivity index (χ0v) is 19.5. The van der Waals surface area contributed by atoms with Gasteiger partial charge in [0, 0.05) is 31.9 Å². The molecule has 0 aliphatic carbocycles. The second-order valence-corrected chi connectivity index (χ2v) is 9.49. The summed E-state index contributed by atoms with van der Waals surface area (Å²) in [6.45, 7) is 4.66. The van der Waals surface area contributed by atoms with Gasteiger partial charge in [0.25, 0.3) is 11.8 Å². The molecule has 10 heteroatoms. The number of carbonyl (C=O) groups excluding carboxylic acids is 3. The summed E-state index contributed by atoms with van der Waals surface area (Å²) in [5, 5.41) is 13.9. The summed E-state index contributed by atoms with van der Waals surface area (Å²) in [4.78, 5) is 42.1. The molecule has 176 valence electrons. The van der Waals surface area contributed by atoms with Gasteiger partial charge < -0.3 is 20.4 Å². The van der Waals surface area contributed by atoms with E-state index in [2.05, 4.69) is 25.7 Å². The molecular formula is C23H30N6O3S. The Kier molecular flexibility index (Phi) is 8.01. The number of nitrogens with zero attached hydrogens (tertiary/aromatic N) is 4. The van der Waals surface area contributed by atoms with Gasteiger partial charge in [0.15, 0.2) is 0 Å². The molecule has 0 saturated carbocycles. The van der Waals surface area contributed by atoms with Crippen molar-refractivity contribution in [2.75, 3.05) is 44.6 Å². The standard InChI is InChI=1S/C23H30N6O3S/c30-19(24-11-15-28-12-5-2-6-13-28)17-8-7-14-29(16-17)23(32)22-27-26-21(33-22)20(31)25-18-9-3-1-4-10-18/h1,3-4,9-10,17H,2,5-8,11-16H2,(H,24,30)(H,25,31)/t17-/m1/s1. The molecule has 1 atom stereocenters. The molecule has 2 fully saturated rings. The lowest BCUT2D eigenvalue weighted by Gasteiger charge is -2.32. The van der Waals surface area contributed by atoms with Crippen LogP contribution < -0.4 is 10.6 Å². The van der Waals surface area contributed by atoms with Gasteiger partial charge in [-0.25, -0.2) is 0 Å². The van der Waals surface area contributed by atoms with Crippen LogP contribution in [0.2, 0.25) is 0 Å². The Bertz CT molecular complexity index is 960. The van der Waals surface area contributed by atoms with Gasteiger partial charge in [-0.15, -0.1) is 10.2 Å². The molecule has 2 N–H and O–H groups in total. The molecule has 0 radical (unpaired) electrons. The van der Waals surface area contributed by atoms with Crippen LogP contribution in [0.3, 0.4) is 0 Å². The average molecular weight is 471 g/mol. The summed E-state index contributed by atoms with van der Waals surface area (Å²) < 4.78 is 0. The van der Waals surface area contributed by atoms with Crippen molar-refractivity contribution >= 4 is 34.7 Å². The van der Waals surface area contributed by atoms with E-state index in [1.54, 1.807) is 17.0 Å². The van der Waals surface area contributed by atoms with E-state index in [0.717, 1.165) is 43.8 Å². The molecule has 0 unspecified atom stereocenters. The van der Waals surface area contributed by atoms with Crippen molar-refractivity contribution in [3.63, 3.8) is 0 Å². The summed E-state index contributed by atoms with van der Waals surface area (Å²) in [7, 11) is 0. The van der Waals surface area contributed by atoms with Gasteiger partial charge in [0.1, 0.15) is 0 Å². The number of carbonyl (C=O) groups is 3. The minimum Gasteiger partial charge on any atom is -0.355 e. The predicted molar refractivity (Wildman–Crippen MR) is 126 cm³/mol. The van der Waals surface area contributed by atoms with Gasteiger partial charge in [-0.05, 0) is 50.9 Å². The molecule has 3 heterocycles. The first-order valence-corrected chi connectivity index (χ1v) is 12.4. The number of anilines is 1. The predicted octanol–water partition coefficient (Wildman–Crippen LogP) is 2.24. The Morgan fingerprint density at radius 3 is 2.52 bits per heavy atom. The summed E-state index contributed by atoms with van der Waals surface area (Å²) in [6, 6.07) is 9.05. The van der Waals surface area contributed by atoms with Crippen LogP contribution in [0.5, 0.6) is 0 Å². The molecule has 2 aliphatic rings. The summed E-state index contributed by atoms with van der Waals surface area (Å²) in [6.07, 6.45) is 5.28. The van der Waals surface area contributed by atoms with Crippen LogP contribution >= 0.6 is 11.3 Å². The van der Waals surface area contributed by atoms with Gasteiger partial charge in [0.2, 0.25) is 15.9 Å². The van der Waals surface area contributed by atoms with E-state index < -0.39 is 5.91 Å². The topological polar surface area (TPSA) is 108 Å². The SMILES string of the molecule is O=C(Nc1ccccc1)c1nnc(C(=O)N2CCC[C@@H](C(=O)NCCN3CCCCC3)C2)s1. The molecule has 3 amide bonds. The third-order valence-corrected chi connectivity index (χ3v) is 7.00. The highest BCUT2D eigenvalue weighted by atomic mass is 32.1. The number of nitrogens with one attached hydrogen (secondary N) is 2. The third-order valence-electron chi connectivity index (χ3n) is 6.09. The smallest absolute Gasteiger partial charge is 0.286 e. The number of hydrogen-bond acceptors (Lipinski definition) is 7. The first-order chi connectivity index (χ1) is 16.1. The van der Waals surface area contributed by atoms with Crippen LogP contribution in [0.1, 0.15) is 51.7 Å². The van der Waals surface area contributed by atoms with E-state index in [0.29, 0.717) is 25.3 Å². The molecule has 0 bridgehead atoms. The van der Waals surface area contributed by atoms with Crippen LogP contribution in [0.4, 0.5) is 5.69 Å². The molecular weight excluding hydrogens is 440 g/mol. The van der Waals surface area contributed by atoms with Gasteiger partial charge in [0.05, 0.1) is 5.92 Å². The largest absolute Gasteiger partial charge is 0.355 e. The number of piperidine rings is 2. The fourth-order valence-corrected chi connectivity index (χ4v) is 4.99. The molecule has 1 aromatic heterocycles. The third kappa shape index (κ3) is 6.35. The lowest BCUT2D eigenvalue weighted by Crippen LogP contribution is -2.46. The van der Waals surface area contributed by atoms with E-state index in [1.165, 1.54) is 19.3 Å². The summed E-state index contributed by atoms with van der Waals surface area (Å²) in [5.74, 6) is -0.901. The number of para-hydroxylation sites is 1. The maximum absolute atomic E-state index is 12.9. The maximum Gasteiger partial charge on any atom is 0.286 e. The van der Waals surface area contributed by atoms with Crippen molar-refractivity contribution in [1.29, 1.82) is 0 Å². The van der Waals surface area contributed by atoms with E-state index in [1.807, 2.05) is 18.2 Å². The second-order valence-electron chi connectivity index (χ2n) is 8.52. The number of amides is 3. The van der Waals surface area contributed by atoms with Crippen LogP contribution in [-0.4, -0.2) is 77.0 Å². The molecule has 2 saturated heterocycles. The second kappa shape index (κ2) is 11.3. The van der Waals surface area contributed by atoms with Gasteiger partial charge >= 0.3 is 0 Å². The minimum absolute atomic E-state index is 0.00435. The van der Waals surface area contributed by atoms with E-state index in [4.69, 9.17) is 0 Å². The highest BCUT2D eigenvalue weighted by molar-refractivity contribution is 7.15. The van der Waals surface area contributed by atoms with E-state index in [-0.39, 0.29) is 27.7 Å². The fraction of sp³-hybridized carbons (Fsp3) is 0.522. The monoisotopic (exact) mass is 470 g/mol. The molecule has 4 rings (SSSR count). The Balaban J connectivity index is 1.27. The van der Waals surface area contributed by atoms with Crippen molar-refractivity contribution in [3.05, 3.63) is 40.3 Å². The van der Waals surface area contributed by atoms with Crippen molar-refractivity contribution in [2.45, 2.75) is 32.1 Å². The normalized spacial score (nSPS) is 19.2. The van der Waals surface area contributed by atoms with Crippen LogP contribution in [-0.2, 0) is 4.79 Å². The summed E-state index contributed by atoms with van der Waals surface area (Å²) in [5.41, 5.74) is 0.649. The number of benzene rings is 1. The Morgan fingerprint density at radius 2 is 1.73 bits per heavy atom. The quantitative estimate of drug-likeness (QED) is 0.643. The first-order valence-electron chi connectivity index (χ1n) is 11.6. The number of aromatic nitrogens is 2. The fourth-order valence-electron chi connectivity index (χ4n) is 4.28. The van der Waals surface area contributed by atoms with Crippen LogP contribution in [0.25, 0.3) is 0 Å². The minimum atomic E-state index is -0.401. The van der Waals surface area contributed by atoms with Crippen molar-refractivity contribution in [3.8, 4) is 0 Å². The Hall–Kier alpha value is -2.85. The number of rotatable bonds is 7. The van der Waals surface area contributed by atoms with Gasteiger partial charge in [-0.1, -0.05) is 36.0 Å².